The molecule has 2 saturated heterocycles. The van der Waals surface area contributed by atoms with Crippen LogP contribution < -0.4 is 0 Å². The van der Waals surface area contributed by atoms with Crippen molar-refractivity contribution >= 4 is 11.8 Å². The molecule has 0 aromatic rings. The summed E-state index contributed by atoms with van der Waals surface area (Å²) in [5.74, 6) is 4.37. The monoisotopic (exact) mass is 471 g/mol. The maximum atomic E-state index is 13.5. The van der Waals surface area contributed by atoms with Crippen LogP contribution in [0.25, 0.3) is 0 Å². The highest BCUT2D eigenvalue weighted by atomic mass is 16.5. The van der Waals surface area contributed by atoms with Gasteiger partial charge in [0.05, 0.1) is 5.60 Å². The minimum Gasteiger partial charge on any atom is -0.463 e. The van der Waals surface area contributed by atoms with Crippen LogP contribution in [-0.2, 0) is 14.3 Å². The number of carbonyl (C=O) groups excluding carboxylic acids is 2. The third kappa shape index (κ3) is 3.38. The van der Waals surface area contributed by atoms with Gasteiger partial charge in [-0.05, 0) is 105 Å². The third-order valence-corrected chi connectivity index (χ3v) is 12.1. The van der Waals surface area contributed by atoms with E-state index in [1.165, 1.54) is 26.2 Å². The van der Waals surface area contributed by atoms with Gasteiger partial charge in [-0.25, -0.2) is 0 Å². The predicted octanol–water partition coefficient (Wildman–Crippen LogP) is 4.46. The standard InChI is InChI=1S/C29H45NO4/c1-16-5-8-27-29(4,33)23-7-6-19-20(22(23)15-30(27)14-16)12-24-21(19)13-26(32)25-11-18(34-17(2)31)9-10-28(24,25)3/h16,18-25,27,33H,5-15H2,1-4H3/t16-,18+,19+,20+,21-,22-,23-,24-,25+,27-,28+,29-/m0/s1. The molecule has 5 heteroatoms. The number of rotatable bonds is 1. The van der Waals surface area contributed by atoms with Crippen molar-refractivity contribution in [2.45, 2.75) is 103 Å². The first-order valence-corrected chi connectivity index (χ1v) is 14.3. The number of nitrogens with zero attached hydrogens (tertiary/aromatic N) is 1. The number of esters is 1. The fourth-order valence-electron chi connectivity index (χ4n) is 10.7. The summed E-state index contributed by atoms with van der Waals surface area (Å²) in [5.41, 5.74) is -0.547. The lowest BCUT2D eigenvalue weighted by molar-refractivity contribution is -0.175. The molecule has 6 rings (SSSR count). The summed E-state index contributed by atoms with van der Waals surface area (Å²) in [6.07, 6.45) is 9.19. The quantitative estimate of drug-likeness (QED) is 0.572. The first-order valence-electron chi connectivity index (χ1n) is 14.3. The third-order valence-electron chi connectivity index (χ3n) is 12.1. The fraction of sp³-hybridized carbons (Fsp3) is 0.931. The number of fused-ring (bicyclic) bond motifs is 8. The zero-order chi connectivity index (χ0) is 24.0. The number of ether oxygens (including phenoxy) is 1. The van der Waals surface area contributed by atoms with Crippen LogP contribution in [0.15, 0.2) is 0 Å². The number of carbonyl (C=O) groups is 2. The molecule has 0 aromatic carbocycles. The summed E-state index contributed by atoms with van der Waals surface area (Å²) in [5, 5.41) is 11.9. The van der Waals surface area contributed by atoms with Crippen molar-refractivity contribution in [3.8, 4) is 0 Å². The number of piperidine rings is 2. The molecular weight excluding hydrogens is 426 g/mol. The highest BCUT2D eigenvalue weighted by Gasteiger charge is 2.64. The van der Waals surface area contributed by atoms with Gasteiger partial charge in [-0.2, -0.15) is 0 Å². The Morgan fingerprint density at radius 3 is 2.53 bits per heavy atom. The number of aliphatic hydroxyl groups is 1. The van der Waals surface area contributed by atoms with E-state index >= 15 is 0 Å². The Morgan fingerprint density at radius 2 is 1.76 bits per heavy atom. The Kier molecular flexibility index (Phi) is 5.54. The molecule has 0 amide bonds. The summed E-state index contributed by atoms with van der Waals surface area (Å²) in [6.45, 7) is 10.7. The van der Waals surface area contributed by atoms with Crippen molar-refractivity contribution in [2.75, 3.05) is 13.1 Å². The average molecular weight is 472 g/mol. The summed E-state index contributed by atoms with van der Waals surface area (Å²) >= 11 is 0. The number of hydrogen-bond acceptors (Lipinski definition) is 5. The molecule has 0 unspecified atom stereocenters. The van der Waals surface area contributed by atoms with Gasteiger partial charge in [-0.1, -0.05) is 13.8 Å². The molecular formula is C29H45NO4. The first-order chi connectivity index (χ1) is 16.1. The van der Waals surface area contributed by atoms with E-state index < -0.39 is 5.60 Å². The molecule has 0 spiro atoms. The van der Waals surface area contributed by atoms with Gasteiger partial charge in [-0.3, -0.25) is 14.5 Å². The van der Waals surface area contributed by atoms with Crippen molar-refractivity contribution in [1.29, 1.82) is 0 Å². The lowest BCUT2D eigenvalue weighted by Crippen LogP contribution is -2.67. The van der Waals surface area contributed by atoms with Crippen molar-refractivity contribution in [2.24, 2.45) is 52.8 Å². The molecule has 5 nitrogen and oxygen atoms in total. The van der Waals surface area contributed by atoms with Gasteiger partial charge in [-0.15, -0.1) is 0 Å². The molecule has 1 N–H and O–H groups in total. The average Bonchev–Trinajstić information content (AvgIpc) is 3.14. The van der Waals surface area contributed by atoms with Crippen molar-refractivity contribution in [3.05, 3.63) is 0 Å². The molecule has 0 aromatic heterocycles. The molecule has 4 aliphatic carbocycles. The van der Waals surface area contributed by atoms with Gasteiger partial charge in [0.15, 0.2) is 0 Å². The van der Waals surface area contributed by atoms with E-state index in [2.05, 4.69) is 25.7 Å². The first kappa shape index (κ1) is 23.5. The SMILES string of the molecule is CC(=O)O[C@@H]1CC[C@@]2(C)[C@H](C1)C(=O)C[C@H]1[C@@H]3CC[C@H]4[C@@H](CN5C[C@@H](C)CC[C@H]5[C@@]4(C)O)[C@@H]3C[C@@H]12. The van der Waals surface area contributed by atoms with Crippen LogP contribution >= 0.6 is 0 Å². The predicted molar refractivity (Wildman–Crippen MR) is 130 cm³/mol. The maximum absolute atomic E-state index is 13.5. The highest BCUT2D eigenvalue weighted by Crippen LogP contribution is 2.66. The van der Waals surface area contributed by atoms with Gasteiger partial charge in [0.25, 0.3) is 0 Å². The lowest BCUT2D eigenvalue weighted by atomic mass is 9.51. The summed E-state index contributed by atoms with van der Waals surface area (Å²) in [4.78, 5) is 27.7. The molecule has 190 valence electrons. The zero-order valence-corrected chi connectivity index (χ0v) is 21.7. The van der Waals surface area contributed by atoms with Crippen LogP contribution in [0.4, 0.5) is 0 Å². The van der Waals surface area contributed by atoms with E-state index in [1.54, 1.807) is 0 Å². The smallest absolute Gasteiger partial charge is 0.302 e. The summed E-state index contributed by atoms with van der Waals surface area (Å²) < 4.78 is 5.57. The van der Waals surface area contributed by atoms with Crippen LogP contribution in [0.2, 0.25) is 0 Å². The van der Waals surface area contributed by atoms with Crippen LogP contribution in [0, 0.1) is 52.8 Å². The molecule has 2 heterocycles. The Morgan fingerprint density at radius 1 is 0.971 bits per heavy atom. The van der Waals surface area contributed by atoms with E-state index in [9.17, 15) is 14.7 Å². The van der Waals surface area contributed by atoms with Crippen molar-refractivity contribution in [1.82, 2.24) is 4.90 Å². The lowest BCUT2D eigenvalue weighted by Gasteiger charge is -2.59. The number of Topliss-reactive ketones (excluding diaryl/α,β-unsaturated/α-hetero) is 1. The van der Waals surface area contributed by atoms with Gasteiger partial charge in [0, 0.05) is 38.4 Å². The minimum atomic E-state index is -0.591. The van der Waals surface area contributed by atoms with E-state index in [0.717, 1.165) is 57.5 Å². The van der Waals surface area contributed by atoms with E-state index in [4.69, 9.17) is 4.74 Å². The van der Waals surface area contributed by atoms with Crippen LogP contribution in [-0.4, -0.2) is 52.6 Å². The molecule has 2 aliphatic heterocycles. The Labute approximate surface area is 205 Å². The topological polar surface area (TPSA) is 66.8 Å². The highest BCUT2D eigenvalue weighted by molar-refractivity contribution is 5.83. The molecule has 6 aliphatic rings. The molecule has 12 atom stereocenters. The molecule has 4 saturated carbocycles. The second kappa shape index (κ2) is 8.03. The molecule has 6 fully saturated rings. The molecule has 0 radical (unpaired) electrons. The van der Waals surface area contributed by atoms with Crippen LogP contribution in [0.1, 0.15) is 85.5 Å². The van der Waals surface area contributed by atoms with Gasteiger partial charge in [0.2, 0.25) is 0 Å². The second-order valence-electron chi connectivity index (χ2n) is 13.8. The maximum Gasteiger partial charge on any atom is 0.302 e. The largest absolute Gasteiger partial charge is 0.463 e. The normalized spacial score (nSPS) is 54.8. The second-order valence-corrected chi connectivity index (χ2v) is 13.8. The molecule has 0 bridgehead atoms. The van der Waals surface area contributed by atoms with E-state index in [0.29, 0.717) is 47.3 Å². The molecule has 34 heavy (non-hydrogen) atoms. The Hall–Kier alpha value is -0.940. The Balaban J connectivity index is 1.26. The number of hydrogen-bond donors (Lipinski definition) is 1. The van der Waals surface area contributed by atoms with E-state index in [-0.39, 0.29) is 23.4 Å². The summed E-state index contributed by atoms with van der Waals surface area (Å²) in [7, 11) is 0. The number of ketones is 1. The van der Waals surface area contributed by atoms with Gasteiger partial charge in [0.1, 0.15) is 11.9 Å². The van der Waals surface area contributed by atoms with Crippen molar-refractivity contribution in [3.63, 3.8) is 0 Å². The van der Waals surface area contributed by atoms with E-state index in [1.807, 2.05) is 0 Å². The van der Waals surface area contributed by atoms with Crippen LogP contribution in [0.3, 0.4) is 0 Å². The van der Waals surface area contributed by atoms with Gasteiger partial charge < -0.3 is 9.84 Å². The fourth-order valence-corrected chi connectivity index (χ4v) is 10.7. The summed E-state index contributed by atoms with van der Waals surface area (Å²) in [6, 6.07) is 0.324. The Bertz CT molecular complexity index is 855. The van der Waals surface area contributed by atoms with Gasteiger partial charge >= 0.3 is 5.97 Å². The van der Waals surface area contributed by atoms with Crippen molar-refractivity contribution < 1.29 is 19.4 Å². The van der Waals surface area contributed by atoms with Crippen LogP contribution in [0.5, 0.6) is 0 Å². The zero-order valence-electron chi connectivity index (χ0n) is 21.7. The minimum absolute atomic E-state index is 0.0445.